The Balaban J connectivity index is 3.08. The van der Waals surface area contributed by atoms with E-state index in [9.17, 15) is 10.1 Å². The number of hydrogen-bond donors (Lipinski definition) is 1. The van der Waals surface area contributed by atoms with Crippen LogP contribution in [0.15, 0.2) is 0 Å². The first kappa shape index (κ1) is 5.74. The smallest absolute Gasteiger partial charge is 0.275 e. The topological polar surface area (TPSA) is 71.8 Å². The highest BCUT2D eigenvalue weighted by molar-refractivity contribution is 5.28. The number of hydrogen-bond acceptors (Lipinski definition) is 3. The van der Waals surface area contributed by atoms with Crippen LogP contribution >= 0.6 is 0 Å². The molecule has 0 aliphatic rings. The highest BCUT2D eigenvalue weighted by atomic mass is 16.6. The predicted molar refractivity (Wildman–Crippen MR) is 28.8 cm³/mol. The maximum Gasteiger partial charge on any atom is 0.319 e. The van der Waals surface area contributed by atoms with E-state index >= 15 is 0 Å². The van der Waals surface area contributed by atoms with Crippen LogP contribution in [0.25, 0.3) is 0 Å². The van der Waals surface area contributed by atoms with Crippen LogP contribution in [0.4, 0.5) is 5.69 Å². The van der Waals surface area contributed by atoms with Crippen LogP contribution in [0.5, 0.6) is 0 Å². The number of nitrogens with one attached hydrogen (secondary N) is 1. The Bertz CT molecular complexity index is 229. The van der Waals surface area contributed by atoms with E-state index < -0.39 is 4.92 Å². The van der Waals surface area contributed by atoms with Gasteiger partial charge in [-0.25, -0.2) is 0 Å². The van der Waals surface area contributed by atoms with Crippen LogP contribution in [0.1, 0.15) is 5.69 Å². The van der Waals surface area contributed by atoms with E-state index in [1.807, 2.05) is 0 Å². The summed E-state index contributed by atoms with van der Waals surface area (Å²) in [7, 11) is 0. The van der Waals surface area contributed by atoms with Crippen molar-refractivity contribution in [2.75, 3.05) is 0 Å². The first-order valence-corrected chi connectivity index (χ1v) is 2.29. The molecule has 5 nitrogen and oxygen atoms in total. The van der Waals surface area contributed by atoms with E-state index in [0.717, 1.165) is 0 Å². The van der Waals surface area contributed by atoms with Crippen molar-refractivity contribution < 1.29 is 4.92 Å². The van der Waals surface area contributed by atoms with Crippen LogP contribution in [0.2, 0.25) is 0 Å². The average Bonchev–Trinajstić information content (AvgIpc) is 2.13. The molecule has 9 heavy (non-hydrogen) atoms. The highest BCUT2D eigenvalue weighted by Crippen LogP contribution is 2.10. The van der Waals surface area contributed by atoms with E-state index in [2.05, 4.69) is 16.4 Å². The van der Waals surface area contributed by atoms with Crippen molar-refractivity contribution in [1.29, 1.82) is 0 Å². The summed E-state index contributed by atoms with van der Waals surface area (Å²) in [5, 5.41) is 15.8. The Kier molecular flexibility index (Phi) is 1.18. The molecule has 0 aromatic carbocycles. The molecule has 0 atom stereocenters. The SMILES string of the molecule is Cc1[nH]n[c]c1[N+](=O)[O-]. The fourth-order valence-corrected chi connectivity index (χ4v) is 0.479. The third kappa shape index (κ3) is 0.883. The van der Waals surface area contributed by atoms with Crippen LogP contribution < -0.4 is 0 Å². The first-order chi connectivity index (χ1) is 4.22. The van der Waals surface area contributed by atoms with Crippen LogP contribution in [-0.2, 0) is 0 Å². The zero-order valence-electron chi connectivity index (χ0n) is 4.71. The fourth-order valence-electron chi connectivity index (χ4n) is 0.479. The number of aryl methyl sites for hydroxylation is 1. The van der Waals surface area contributed by atoms with Gasteiger partial charge in [0.2, 0.25) is 0 Å². The molecule has 47 valence electrons. The molecule has 0 spiro atoms. The van der Waals surface area contributed by atoms with Crippen molar-refractivity contribution in [2.45, 2.75) is 6.92 Å². The molecule has 1 radical (unpaired) electrons. The van der Waals surface area contributed by atoms with Crippen molar-refractivity contribution in [3.63, 3.8) is 0 Å². The maximum atomic E-state index is 10.00. The van der Waals surface area contributed by atoms with Crippen molar-refractivity contribution in [3.05, 3.63) is 22.0 Å². The van der Waals surface area contributed by atoms with Crippen molar-refractivity contribution in [3.8, 4) is 0 Å². The molecule has 1 heterocycles. The molecule has 0 fully saturated rings. The van der Waals surface area contributed by atoms with Crippen molar-refractivity contribution in [2.24, 2.45) is 0 Å². The third-order valence-corrected chi connectivity index (χ3v) is 0.923. The molecule has 1 aromatic heterocycles. The van der Waals surface area contributed by atoms with Gasteiger partial charge in [-0.2, -0.15) is 5.10 Å². The van der Waals surface area contributed by atoms with Gasteiger partial charge in [0.1, 0.15) is 5.69 Å². The summed E-state index contributed by atoms with van der Waals surface area (Å²) in [6.45, 7) is 1.57. The van der Waals surface area contributed by atoms with Gasteiger partial charge in [-0.15, -0.1) is 0 Å². The normalized spacial score (nSPS) is 9.44. The molecule has 1 aromatic rings. The second-order valence-electron chi connectivity index (χ2n) is 1.57. The Labute approximate surface area is 50.8 Å². The lowest BCUT2D eigenvalue weighted by Crippen LogP contribution is -1.87. The largest absolute Gasteiger partial charge is 0.319 e. The molecule has 1 N–H and O–H groups in total. The number of rotatable bonds is 1. The molecular weight excluding hydrogens is 122 g/mol. The zero-order valence-corrected chi connectivity index (χ0v) is 4.71. The Hall–Kier alpha value is -1.39. The van der Waals surface area contributed by atoms with Gasteiger partial charge in [0.25, 0.3) is 0 Å². The van der Waals surface area contributed by atoms with E-state index in [1.165, 1.54) is 0 Å². The van der Waals surface area contributed by atoms with Gasteiger partial charge in [-0.1, -0.05) is 0 Å². The molecule has 0 unspecified atom stereocenters. The van der Waals surface area contributed by atoms with Gasteiger partial charge in [0.05, 0.1) is 4.92 Å². The second-order valence-corrected chi connectivity index (χ2v) is 1.57. The minimum absolute atomic E-state index is 0.0880. The highest BCUT2D eigenvalue weighted by Gasteiger charge is 2.11. The fraction of sp³-hybridized carbons (Fsp3) is 0.250. The second kappa shape index (κ2) is 1.85. The summed E-state index contributed by atoms with van der Waals surface area (Å²) in [4.78, 5) is 9.47. The van der Waals surface area contributed by atoms with Gasteiger partial charge in [-0.05, 0) is 6.92 Å². The summed E-state index contributed by atoms with van der Waals surface area (Å²) < 4.78 is 0. The van der Waals surface area contributed by atoms with Gasteiger partial charge < -0.3 is 0 Å². The van der Waals surface area contributed by atoms with Crippen LogP contribution in [0, 0.1) is 23.2 Å². The van der Waals surface area contributed by atoms with Gasteiger partial charge >= 0.3 is 5.69 Å². The summed E-state index contributed by atoms with van der Waals surface area (Å²) >= 11 is 0. The predicted octanol–water partition coefficient (Wildman–Crippen LogP) is 0.427. The standard InChI is InChI=1S/C4H4N3O2/c1-3-4(7(8)9)2-5-6-3/h1H3,(H,5,6). The molecule has 0 aliphatic carbocycles. The Morgan fingerprint density at radius 2 is 2.56 bits per heavy atom. The zero-order chi connectivity index (χ0) is 6.85. The van der Waals surface area contributed by atoms with Crippen LogP contribution in [0.3, 0.4) is 0 Å². The summed E-state index contributed by atoms with van der Waals surface area (Å²) in [5.74, 6) is 0. The summed E-state index contributed by atoms with van der Waals surface area (Å²) in [6.07, 6.45) is 2.20. The molecule has 0 bridgehead atoms. The number of aromatic amines is 1. The minimum Gasteiger partial charge on any atom is -0.275 e. The Morgan fingerprint density at radius 1 is 1.89 bits per heavy atom. The van der Waals surface area contributed by atoms with E-state index in [-0.39, 0.29) is 5.69 Å². The molecule has 1 rings (SSSR count). The van der Waals surface area contributed by atoms with E-state index in [0.29, 0.717) is 5.69 Å². The third-order valence-electron chi connectivity index (χ3n) is 0.923. The first-order valence-electron chi connectivity index (χ1n) is 2.29. The molecule has 0 amide bonds. The lowest BCUT2D eigenvalue weighted by molar-refractivity contribution is -0.385. The van der Waals surface area contributed by atoms with E-state index in [1.54, 1.807) is 6.92 Å². The Morgan fingerprint density at radius 3 is 2.78 bits per heavy atom. The molecule has 0 saturated heterocycles. The number of aromatic nitrogens is 2. The average molecular weight is 126 g/mol. The maximum absolute atomic E-state index is 10.00. The number of nitrogens with zero attached hydrogens (tertiary/aromatic N) is 2. The summed E-state index contributed by atoms with van der Waals surface area (Å²) in [5.41, 5.74) is 0.343. The monoisotopic (exact) mass is 126 g/mol. The van der Waals surface area contributed by atoms with Crippen LogP contribution in [-0.4, -0.2) is 15.1 Å². The van der Waals surface area contributed by atoms with E-state index in [4.69, 9.17) is 0 Å². The van der Waals surface area contributed by atoms with Crippen molar-refractivity contribution >= 4 is 5.69 Å². The van der Waals surface area contributed by atoms with Gasteiger partial charge in [0.15, 0.2) is 6.20 Å². The van der Waals surface area contributed by atoms with Gasteiger partial charge in [0, 0.05) is 0 Å². The van der Waals surface area contributed by atoms with Gasteiger partial charge in [-0.3, -0.25) is 15.2 Å². The summed E-state index contributed by atoms with van der Waals surface area (Å²) in [6, 6.07) is 0. The molecule has 5 heteroatoms. The lowest BCUT2D eigenvalue weighted by Gasteiger charge is -1.81. The number of nitro groups is 1. The molecule has 0 saturated carbocycles. The number of H-pyrrole nitrogens is 1. The van der Waals surface area contributed by atoms with Crippen molar-refractivity contribution in [1.82, 2.24) is 10.2 Å². The lowest BCUT2D eigenvalue weighted by atomic mass is 10.4. The molecule has 0 aliphatic heterocycles. The molecular formula is C4H4N3O2. The minimum atomic E-state index is -0.529. The quantitative estimate of drug-likeness (QED) is 0.438.